The molecule has 0 saturated carbocycles. The van der Waals surface area contributed by atoms with Crippen LogP contribution in [0.3, 0.4) is 0 Å². The van der Waals surface area contributed by atoms with Crippen LogP contribution in [0.25, 0.3) is 0 Å². The Kier molecular flexibility index (Phi) is 7.06. The SMILES string of the molecule is COc1ccccc1N(CC(=O)NCCOc1cccc(C)c1)S(C)(=O)=O. The van der Waals surface area contributed by atoms with Crippen LogP contribution in [0.2, 0.25) is 0 Å². The van der Waals surface area contributed by atoms with Crippen molar-refractivity contribution in [3.8, 4) is 11.5 Å². The fourth-order valence-corrected chi connectivity index (χ4v) is 3.33. The van der Waals surface area contributed by atoms with Crippen molar-refractivity contribution in [3.05, 3.63) is 54.1 Å². The summed E-state index contributed by atoms with van der Waals surface area (Å²) >= 11 is 0. The number of anilines is 1. The van der Waals surface area contributed by atoms with E-state index in [0.29, 0.717) is 11.4 Å². The monoisotopic (exact) mass is 392 g/mol. The first-order chi connectivity index (χ1) is 12.8. The van der Waals surface area contributed by atoms with Gasteiger partial charge in [0.15, 0.2) is 0 Å². The molecule has 0 saturated heterocycles. The molecule has 0 unspecified atom stereocenters. The molecule has 2 aromatic rings. The second kappa shape index (κ2) is 9.27. The standard InChI is InChI=1S/C19H24N2O5S/c1-15-7-6-8-16(13-15)26-12-11-20-19(22)14-21(27(3,23)24)17-9-4-5-10-18(17)25-2/h4-10,13H,11-12,14H2,1-3H3,(H,20,22). The van der Waals surface area contributed by atoms with Crippen molar-refractivity contribution in [2.24, 2.45) is 0 Å². The minimum atomic E-state index is -3.66. The molecule has 0 heterocycles. The Hall–Kier alpha value is -2.74. The van der Waals surface area contributed by atoms with Gasteiger partial charge in [-0.2, -0.15) is 0 Å². The lowest BCUT2D eigenvalue weighted by Crippen LogP contribution is -2.41. The van der Waals surface area contributed by atoms with E-state index in [1.807, 2.05) is 31.2 Å². The Labute approximate surface area is 160 Å². The van der Waals surface area contributed by atoms with E-state index < -0.39 is 15.9 Å². The summed E-state index contributed by atoms with van der Waals surface area (Å²) in [6.07, 6.45) is 1.05. The second-order valence-corrected chi connectivity index (χ2v) is 7.86. The van der Waals surface area contributed by atoms with Crippen molar-refractivity contribution in [3.63, 3.8) is 0 Å². The van der Waals surface area contributed by atoms with Crippen LogP contribution in [-0.2, 0) is 14.8 Å². The summed E-state index contributed by atoms with van der Waals surface area (Å²) < 4.78 is 36.1. The zero-order valence-electron chi connectivity index (χ0n) is 15.6. The lowest BCUT2D eigenvalue weighted by atomic mass is 10.2. The van der Waals surface area contributed by atoms with E-state index in [4.69, 9.17) is 9.47 Å². The molecule has 1 N–H and O–H groups in total. The van der Waals surface area contributed by atoms with Crippen LogP contribution in [-0.4, -0.2) is 47.4 Å². The van der Waals surface area contributed by atoms with Crippen molar-refractivity contribution < 1.29 is 22.7 Å². The number of aryl methyl sites for hydroxylation is 1. The van der Waals surface area contributed by atoms with Crippen molar-refractivity contribution in [2.45, 2.75) is 6.92 Å². The van der Waals surface area contributed by atoms with E-state index in [2.05, 4.69) is 5.32 Å². The number of benzene rings is 2. The number of para-hydroxylation sites is 2. The Morgan fingerprint density at radius 2 is 1.89 bits per heavy atom. The van der Waals surface area contributed by atoms with Crippen LogP contribution >= 0.6 is 0 Å². The number of amides is 1. The minimum Gasteiger partial charge on any atom is -0.495 e. The van der Waals surface area contributed by atoms with Crippen LogP contribution in [0.1, 0.15) is 5.56 Å². The number of ether oxygens (including phenoxy) is 2. The maximum atomic E-state index is 12.2. The first-order valence-electron chi connectivity index (χ1n) is 8.38. The number of methoxy groups -OCH3 is 1. The first kappa shape index (κ1) is 20.6. The lowest BCUT2D eigenvalue weighted by molar-refractivity contribution is -0.119. The van der Waals surface area contributed by atoms with Gasteiger partial charge in [0.25, 0.3) is 0 Å². The summed E-state index contributed by atoms with van der Waals surface area (Å²) in [6, 6.07) is 14.2. The third-order valence-corrected chi connectivity index (χ3v) is 4.85. The van der Waals surface area contributed by atoms with Gasteiger partial charge < -0.3 is 14.8 Å². The highest BCUT2D eigenvalue weighted by Gasteiger charge is 2.23. The summed E-state index contributed by atoms with van der Waals surface area (Å²) in [5, 5.41) is 2.67. The molecule has 0 aliphatic heterocycles. The predicted octanol–water partition coefficient (Wildman–Crippen LogP) is 1.96. The summed E-state index contributed by atoms with van der Waals surface area (Å²) in [6.45, 7) is 2.16. The second-order valence-electron chi connectivity index (χ2n) is 5.96. The topological polar surface area (TPSA) is 84.9 Å². The zero-order chi connectivity index (χ0) is 19.9. The fraction of sp³-hybridized carbons (Fsp3) is 0.316. The highest BCUT2D eigenvalue weighted by molar-refractivity contribution is 7.92. The number of hydrogen-bond donors (Lipinski definition) is 1. The molecule has 0 aliphatic carbocycles. The Morgan fingerprint density at radius 3 is 2.56 bits per heavy atom. The van der Waals surface area contributed by atoms with Gasteiger partial charge in [-0.25, -0.2) is 8.42 Å². The van der Waals surface area contributed by atoms with Crippen LogP contribution in [0.4, 0.5) is 5.69 Å². The lowest BCUT2D eigenvalue weighted by Gasteiger charge is -2.23. The van der Waals surface area contributed by atoms with Crippen molar-refractivity contribution >= 4 is 21.6 Å². The molecule has 8 heteroatoms. The minimum absolute atomic E-state index is 0.260. The molecule has 146 valence electrons. The molecule has 0 atom stereocenters. The third-order valence-electron chi connectivity index (χ3n) is 3.72. The first-order valence-corrected chi connectivity index (χ1v) is 10.2. The van der Waals surface area contributed by atoms with E-state index in [9.17, 15) is 13.2 Å². The van der Waals surface area contributed by atoms with Crippen LogP contribution in [0.15, 0.2) is 48.5 Å². The van der Waals surface area contributed by atoms with Crippen molar-refractivity contribution in [1.29, 1.82) is 0 Å². The van der Waals surface area contributed by atoms with Gasteiger partial charge >= 0.3 is 0 Å². The highest BCUT2D eigenvalue weighted by atomic mass is 32.2. The van der Waals surface area contributed by atoms with Crippen LogP contribution in [0.5, 0.6) is 11.5 Å². The molecule has 27 heavy (non-hydrogen) atoms. The largest absolute Gasteiger partial charge is 0.495 e. The quantitative estimate of drug-likeness (QED) is 0.660. The number of nitrogens with one attached hydrogen (secondary N) is 1. The van der Waals surface area contributed by atoms with Crippen molar-refractivity contribution in [1.82, 2.24) is 5.32 Å². The predicted molar refractivity (Wildman–Crippen MR) is 105 cm³/mol. The zero-order valence-corrected chi connectivity index (χ0v) is 16.5. The average molecular weight is 392 g/mol. The molecular weight excluding hydrogens is 368 g/mol. The van der Waals surface area contributed by atoms with E-state index in [0.717, 1.165) is 21.9 Å². The summed E-state index contributed by atoms with van der Waals surface area (Å²) in [4.78, 5) is 12.2. The molecule has 0 aromatic heterocycles. The average Bonchev–Trinajstić information content (AvgIpc) is 2.62. The molecule has 0 aliphatic rings. The van der Waals surface area contributed by atoms with E-state index in [1.165, 1.54) is 7.11 Å². The van der Waals surface area contributed by atoms with Crippen LogP contribution in [0, 0.1) is 6.92 Å². The number of hydrogen-bond acceptors (Lipinski definition) is 5. The maximum Gasteiger partial charge on any atom is 0.240 e. The molecule has 0 spiro atoms. The van der Waals surface area contributed by atoms with Crippen molar-refractivity contribution in [2.75, 3.05) is 37.4 Å². The summed E-state index contributed by atoms with van der Waals surface area (Å²) in [7, 11) is -2.22. The van der Waals surface area contributed by atoms with Gasteiger partial charge in [-0.1, -0.05) is 24.3 Å². The number of rotatable bonds is 9. The van der Waals surface area contributed by atoms with Gasteiger partial charge in [0.05, 0.1) is 25.6 Å². The molecule has 7 nitrogen and oxygen atoms in total. The number of carbonyl (C=O) groups excluding carboxylic acids is 1. The van der Waals surface area contributed by atoms with Gasteiger partial charge in [0, 0.05) is 0 Å². The third kappa shape index (κ3) is 6.18. The van der Waals surface area contributed by atoms with E-state index in [1.54, 1.807) is 24.3 Å². The molecule has 1 amide bonds. The molecule has 0 bridgehead atoms. The van der Waals surface area contributed by atoms with E-state index in [-0.39, 0.29) is 19.7 Å². The molecule has 2 rings (SSSR count). The molecule has 0 radical (unpaired) electrons. The fourth-order valence-electron chi connectivity index (χ4n) is 2.47. The summed E-state index contributed by atoms with van der Waals surface area (Å²) in [5.41, 5.74) is 1.39. The van der Waals surface area contributed by atoms with Gasteiger partial charge in [0.2, 0.25) is 15.9 Å². The molecule has 0 fully saturated rings. The number of carbonyl (C=O) groups is 1. The smallest absolute Gasteiger partial charge is 0.240 e. The number of nitrogens with zero attached hydrogens (tertiary/aromatic N) is 1. The van der Waals surface area contributed by atoms with Gasteiger partial charge in [-0.05, 0) is 36.8 Å². The van der Waals surface area contributed by atoms with Gasteiger partial charge in [-0.15, -0.1) is 0 Å². The van der Waals surface area contributed by atoms with Gasteiger partial charge in [0.1, 0.15) is 24.7 Å². The Bertz CT molecular complexity index is 883. The maximum absolute atomic E-state index is 12.2. The summed E-state index contributed by atoms with van der Waals surface area (Å²) in [5.74, 6) is 0.661. The molecular formula is C19H24N2O5S. The van der Waals surface area contributed by atoms with Gasteiger partial charge in [-0.3, -0.25) is 9.10 Å². The normalized spacial score (nSPS) is 10.9. The Balaban J connectivity index is 1.94. The highest BCUT2D eigenvalue weighted by Crippen LogP contribution is 2.29. The van der Waals surface area contributed by atoms with E-state index >= 15 is 0 Å². The molecule has 2 aromatic carbocycles. The Morgan fingerprint density at radius 1 is 1.15 bits per heavy atom. The number of sulfonamides is 1. The van der Waals surface area contributed by atoms with Crippen LogP contribution < -0.4 is 19.1 Å².